The number of nitrogens with zero attached hydrogens (tertiary/aromatic N) is 1. The summed E-state index contributed by atoms with van der Waals surface area (Å²) in [6, 6.07) is 10.6. The Morgan fingerprint density at radius 2 is 1.88 bits per heavy atom. The molecule has 128 valence electrons. The fourth-order valence-corrected chi connectivity index (χ4v) is 5.33. The lowest BCUT2D eigenvalue weighted by Gasteiger charge is -2.15. The molecule has 0 amide bonds. The number of benzene rings is 2. The third kappa shape index (κ3) is 3.20. The number of aliphatic imine (C=N–C) groups is 1. The molecule has 0 spiro atoms. The van der Waals surface area contributed by atoms with E-state index in [1.807, 2.05) is 0 Å². The number of halogens is 3. The fourth-order valence-electron chi connectivity index (χ4n) is 3.36. The van der Waals surface area contributed by atoms with Gasteiger partial charge in [0.15, 0.2) is 0 Å². The highest BCUT2D eigenvalue weighted by molar-refractivity contribution is 9.11. The van der Waals surface area contributed by atoms with E-state index in [1.54, 1.807) is 7.11 Å². The molecule has 4 rings (SSSR count). The highest BCUT2D eigenvalue weighted by Crippen LogP contribution is 2.35. The van der Waals surface area contributed by atoms with Crippen molar-refractivity contribution in [2.45, 2.75) is 12.8 Å². The number of aromatic amines is 1. The molecular weight excluding hydrogens is 512 g/mol. The third-order valence-electron chi connectivity index (χ3n) is 4.45. The van der Waals surface area contributed by atoms with Gasteiger partial charge in [-0.05, 0) is 73.7 Å². The Labute approximate surface area is 171 Å². The predicted octanol–water partition coefficient (Wildman–Crippen LogP) is 6.05. The van der Waals surface area contributed by atoms with Gasteiger partial charge in [0.2, 0.25) is 0 Å². The third-order valence-corrected chi connectivity index (χ3v) is 6.13. The second-order valence-electron chi connectivity index (χ2n) is 6.02. The Morgan fingerprint density at radius 3 is 2.60 bits per heavy atom. The predicted molar refractivity (Wildman–Crippen MR) is 113 cm³/mol. The van der Waals surface area contributed by atoms with Gasteiger partial charge >= 0.3 is 0 Å². The van der Waals surface area contributed by atoms with Gasteiger partial charge in [-0.3, -0.25) is 4.99 Å². The highest BCUT2D eigenvalue weighted by atomic mass is 79.9. The van der Waals surface area contributed by atoms with Crippen molar-refractivity contribution in [3.63, 3.8) is 0 Å². The summed E-state index contributed by atoms with van der Waals surface area (Å²) in [7, 11) is 1.67. The largest absolute Gasteiger partial charge is 0.494 e. The van der Waals surface area contributed by atoms with Crippen LogP contribution in [-0.2, 0) is 12.8 Å². The first-order chi connectivity index (χ1) is 12.1. The second-order valence-corrected chi connectivity index (χ2v) is 8.64. The molecule has 0 fully saturated rings. The lowest BCUT2D eigenvalue weighted by atomic mass is 9.98. The van der Waals surface area contributed by atoms with Gasteiger partial charge in [-0.25, -0.2) is 0 Å². The van der Waals surface area contributed by atoms with Crippen LogP contribution in [0.2, 0.25) is 0 Å². The van der Waals surface area contributed by atoms with E-state index in [1.165, 1.54) is 22.2 Å². The van der Waals surface area contributed by atoms with Gasteiger partial charge in [-0.1, -0.05) is 22.0 Å². The van der Waals surface area contributed by atoms with E-state index in [-0.39, 0.29) is 0 Å². The van der Waals surface area contributed by atoms with Crippen LogP contribution in [0, 0.1) is 0 Å². The minimum Gasteiger partial charge on any atom is -0.494 e. The van der Waals surface area contributed by atoms with E-state index < -0.39 is 0 Å². The van der Waals surface area contributed by atoms with Crippen LogP contribution in [0.25, 0.3) is 10.9 Å². The molecule has 2 heterocycles. The Morgan fingerprint density at radius 1 is 1.12 bits per heavy atom. The van der Waals surface area contributed by atoms with Crippen molar-refractivity contribution >= 4 is 64.4 Å². The van der Waals surface area contributed by atoms with Crippen LogP contribution in [0.1, 0.15) is 16.8 Å². The lowest BCUT2D eigenvalue weighted by Crippen LogP contribution is -2.15. The molecule has 3 nitrogen and oxygen atoms in total. The quantitative estimate of drug-likeness (QED) is 0.443. The molecule has 1 aliphatic heterocycles. The summed E-state index contributed by atoms with van der Waals surface area (Å²) in [6.07, 6.45) is 1.76. The van der Waals surface area contributed by atoms with Crippen LogP contribution in [0.15, 0.2) is 48.7 Å². The van der Waals surface area contributed by atoms with E-state index in [2.05, 4.69) is 83.1 Å². The van der Waals surface area contributed by atoms with Crippen molar-refractivity contribution < 1.29 is 4.74 Å². The van der Waals surface area contributed by atoms with Gasteiger partial charge in [0.05, 0.1) is 27.5 Å². The van der Waals surface area contributed by atoms with E-state index in [9.17, 15) is 0 Å². The van der Waals surface area contributed by atoms with Crippen LogP contribution in [0.5, 0.6) is 5.75 Å². The van der Waals surface area contributed by atoms with E-state index >= 15 is 0 Å². The molecule has 0 atom stereocenters. The number of aromatic nitrogens is 1. The summed E-state index contributed by atoms with van der Waals surface area (Å²) in [5.74, 6) is 0.811. The fraction of sp³-hybridized carbons (Fsp3) is 0.211. The van der Waals surface area contributed by atoms with Crippen LogP contribution < -0.4 is 4.74 Å². The normalized spacial score (nSPS) is 13.7. The summed E-state index contributed by atoms with van der Waals surface area (Å²) in [5.41, 5.74) is 6.00. The summed E-state index contributed by atoms with van der Waals surface area (Å²) in [4.78, 5) is 8.37. The van der Waals surface area contributed by atoms with Gasteiger partial charge in [0.1, 0.15) is 5.75 Å². The Bertz CT molecular complexity index is 984. The molecule has 0 bridgehead atoms. The number of nitrogens with one attached hydrogen (secondary N) is 1. The molecule has 6 heteroatoms. The number of hydrogen-bond acceptors (Lipinski definition) is 2. The number of hydrogen-bond donors (Lipinski definition) is 1. The van der Waals surface area contributed by atoms with E-state index in [0.29, 0.717) is 0 Å². The Balaban J connectivity index is 1.74. The second kappa shape index (κ2) is 6.89. The maximum Gasteiger partial charge on any atom is 0.147 e. The SMILES string of the molecule is COc1c(Br)cc(CC2=NCCc3c2[nH]c2cc(Br)ccc32)cc1Br. The molecule has 0 aliphatic carbocycles. The molecule has 0 unspecified atom stereocenters. The first kappa shape index (κ1) is 17.3. The molecule has 3 aromatic rings. The van der Waals surface area contributed by atoms with Gasteiger partial charge in [-0.2, -0.15) is 0 Å². The monoisotopic (exact) mass is 524 g/mol. The smallest absolute Gasteiger partial charge is 0.147 e. The maximum atomic E-state index is 5.39. The average Bonchev–Trinajstić information content (AvgIpc) is 2.93. The molecule has 0 saturated carbocycles. The summed E-state index contributed by atoms with van der Waals surface area (Å²) in [5, 5.41) is 1.29. The summed E-state index contributed by atoms with van der Waals surface area (Å²) >= 11 is 10.7. The number of H-pyrrole nitrogens is 1. The molecule has 1 aromatic heterocycles. The molecule has 1 aliphatic rings. The van der Waals surface area contributed by atoms with Gasteiger partial charge in [-0.15, -0.1) is 0 Å². The number of methoxy groups -OCH3 is 1. The first-order valence-electron chi connectivity index (χ1n) is 7.92. The van der Waals surface area contributed by atoms with Crippen molar-refractivity contribution in [1.29, 1.82) is 0 Å². The van der Waals surface area contributed by atoms with Crippen LogP contribution >= 0.6 is 47.8 Å². The van der Waals surface area contributed by atoms with Crippen molar-refractivity contribution in [3.8, 4) is 5.75 Å². The molecule has 0 radical (unpaired) electrons. The van der Waals surface area contributed by atoms with Gasteiger partial charge in [0.25, 0.3) is 0 Å². The minimum atomic E-state index is 0.780. The van der Waals surface area contributed by atoms with Crippen molar-refractivity contribution in [3.05, 3.63) is 60.6 Å². The summed E-state index contributed by atoms with van der Waals surface area (Å²) in [6.45, 7) is 0.837. The van der Waals surface area contributed by atoms with E-state index in [4.69, 9.17) is 9.73 Å². The van der Waals surface area contributed by atoms with Crippen LogP contribution in [-0.4, -0.2) is 24.4 Å². The topological polar surface area (TPSA) is 37.4 Å². The molecule has 2 aromatic carbocycles. The molecular formula is C19H15Br3N2O. The lowest BCUT2D eigenvalue weighted by molar-refractivity contribution is 0.409. The average molecular weight is 527 g/mol. The Hall–Kier alpha value is -1.11. The van der Waals surface area contributed by atoms with E-state index in [0.717, 1.165) is 49.8 Å². The van der Waals surface area contributed by atoms with Crippen molar-refractivity contribution in [2.24, 2.45) is 4.99 Å². The first-order valence-corrected chi connectivity index (χ1v) is 10.3. The molecule has 0 saturated heterocycles. The van der Waals surface area contributed by atoms with Gasteiger partial charge in [0, 0.05) is 28.3 Å². The molecule has 25 heavy (non-hydrogen) atoms. The van der Waals surface area contributed by atoms with Gasteiger partial charge < -0.3 is 9.72 Å². The maximum absolute atomic E-state index is 5.39. The number of ether oxygens (including phenoxy) is 1. The van der Waals surface area contributed by atoms with Crippen molar-refractivity contribution in [2.75, 3.05) is 13.7 Å². The standard InChI is InChI=1S/C19H15Br3N2O/c1-25-19-14(21)6-10(7-15(19)22)8-17-18-13(4-5-23-17)12-3-2-11(20)9-16(12)24-18/h2-3,6-7,9,24H,4-5,8H2,1H3. The number of rotatable bonds is 3. The highest BCUT2D eigenvalue weighted by Gasteiger charge is 2.20. The zero-order chi connectivity index (χ0) is 17.6. The van der Waals surface area contributed by atoms with Crippen LogP contribution in [0.3, 0.4) is 0 Å². The number of fused-ring (bicyclic) bond motifs is 3. The summed E-state index contributed by atoms with van der Waals surface area (Å²) < 4.78 is 8.36. The molecule has 1 N–H and O–H groups in total. The minimum absolute atomic E-state index is 0.780. The zero-order valence-corrected chi connectivity index (χ0v) is 18.3. The van der Waals surface area contributed by atoms with Crippen molar-refractivity contribution in [1.82, 2.24) is 4.98 Å². The zero-order valence-electron chi connectivity index (χ0n) is 13.5. The Kier molecular flexibility index (Phi) is 4.77. The van der Waals surface area contributed by atoms with Crippen LogP contribution in [0.4, 0.5) is 0 Å².